The van der Waals surface area contributed by atoms with Crippen LogP contribution in [0.25, 0.3) is 22.9 Å². The second-order valence-electron chi connectivity index (χ2n) is 6.84. The Kier molecular flexibility index (Phi) is 4.65. The molecule has 4 rings (SSSR count). The van der Waals surface area contributed by atoms with E-state index in [1.54, 1.807) is 13.1 Å². The Morgan fingerprint density at radius 1 is 1.21 bits per heavy atom. The zero-order valence-corrected chi connectivity index (χ0v) is 16.5. The summed E-state index contributed by atoms with van der Waals surface area (Å²) < 4.78 is 6.97. The number of ether oxygens (including phenoxy) is 1. The summed E-state index contributed by atoms with van der Waals surface area (Å²) in [5, 5.41) is 13.3. The van der Waals surface area contributed by atoms with E-state index >= 15 is 0 Å². The minimum atomic E-state index is -0.207. The van der Waals surface area contributed by atoms with E-state index in [0.717, 1.165) is 17.0 Å². The molecule has 4 aromatic rings. The van der Waals surface area contributed by atoms with Crippen molar-refractivity contribution in [1.29, 1.82) is 5.26 Å². The Bertz CT molecular complexity index is 1380. The van der Waals surface area contributed by atoms with Gasteiger partial charge in [-0.15, -0.1) is 0 Å². The van der Waals surface area contributed by atoms with Gasteiger partial charge in [-0.25, -0.2) is 4.98 Å². The molecule has 0 bridgehead atoms. The number of nitrogens with one attached hydrogen (secondary N) is 1. The number of aryl methyl sites for hydroxylation is 1. The highest BCUT2D eigenvalue weighted by Gasteiger charge is 2.16. The third kappa shape index (κ3) is 3.17. The predicted octanol–water partition coefficient (Wildman–Crippen LogP) is 3.30. The monoisotopic (exact) mass is 384 g/mol. The van der Waals surface area contributed by atoms with Crippen LogP contribution in [0.5, 0.6) is 5.75 Å². The largest absolute Gasteiger partial charge is 0.494 e. The lowest BCUT2D eigenvalue weighted by molar-refractivity contribution is 0.340. The Labute approximate surface area is 167 Å². The van der Waals surface area contributed by atoms with Crippen molar-refractivity contribution < 1.29 is 4.74 Å². The standard InChI is InChI=1S/C23H20N4O2/c1-4-29-17-8-6-16(7-9-17)25-13-19-15(3)18(12-24)22-26-20-11-14(2)5-10-21(20)27(22)23(19)28/h5-11,13,25H,4H2,1-3H3/b19-13-. The van der Waals surface area contributed by atoms with E-state index in [1.807, 2.05) is 56.3 Å². The normalized spacial score (nSPS) is 11.7. The van der Waals surface area contributed by atoms with Crippen LogP contribution >= 0.6 is 0 Å². The topological polar surface area (TPSA) is 79.4 Å². The molecule has 29 heavy (non-hydrogen) atoms. The van der Waals surface area contributed by atoms with E-state index in [1.165, 1.54) is 4.40 Å². The molecule has 144 valence electrons. The van der Waals surface area contributed by atoms with Crippen molar-refractivity contribution in [3.63, 3.8) is 0 Å². The Morgan fingerprint density at radius 2 is 1.97 bits per heavy atom. The molecule has 0 saturated carbocycles. The first-order chi connectivity index (χ1) is 14.0. The Morgan fingerprint density at radius 3 is 2.66 bits per heavy atom. The number of nitriles is 1. The maximum absolute atomic E-state index is 13.3. The van der Waals surface area contributed by atoms with Gasteiger partial charge in [0.2, 0.25) is 0 Å². The molecule has 6 nitrogen and oxygen atoms in total. The number of fused-ring (bicyclic) bond motifs is 3. The maximum atomic E-state index is 13.3. The Hall–Kier alpha value is -3.85. The Balaban J connectivity index is 1.90. The molecule has 1 N–H and O–H groups in total. The molecule has 2 aromatic carbocycles. The van der Waals surface area contributed by atoms with Crippen molar-refractivity contribution in [3.8, 4) is 11.8 Å². The van der Waals surface area contributed by atoms with E-state index in [-0.39, 0.29) is 5.56 Å². The number of rotatable bonds is 4. The van der Waals surface area contributed by atoms with Crippen molar-refractivity contribution in [3.05, 3.63) is 74.7 Å². The van der Waals surface area contributed by atoms with Crippen LogP contribution in [0.1, 0.15) is 23.6 Å². The fraction of sp³-hybridized carbons (Fsp3) is 0.174. The summed E-state index contributed by atoms with van der Waals surface area (Å²) in [5.74, 6) is 0.784. The van der Waals surface area contributed by atoms with Crippen LogP contribution in [0.3, 0.4) is 0 Å². The first kappa shape index (κ1) is 18.5. The second-order valence-corrected chi connectivity index (χ2v) is 6.84. The molecular weight excluding hydrogens is 364 g/mol. The summed E-state index contributed by atoms with van der Waals surface area (Å²) in [6.07, 6.45) is 1.65. The minimum Gasteiger partial charge on any atom is -0.494 e. The number of benzene rings is 2. The quantitative estimate of drug-likeness (QED) is 0.584. The van der Waals surface area contributed by atoms with Gasteiger partial charge in [0.25, 0.3) is 5.56 Å². The highest BCUT2D eigenvalue weighted by atomic mass is 16.5. The molecule has 0 saturated heterocycles. The molecule has 0 aliphatic rings. The molecule has 6 heteroatoms. The van der Waals surface area contributed by atoms with Gasteiger partial charge in [-0.3, -0.25) is 9.20 Å². The average Bonchev–Trinajstić information content (AvgIpc) is 3.08. The molecule has 0 spiro atoms. The highest BCUT2D eigenvalue weighted by Crippen LogP contribution is 2.19. The van der Waals surface area contributed by atoms with Crippen molar-refractivity contribution in [1.82, 2.24) is 9.38 Å². The van der Waals surface area contributed by atoms with E-state index in [0.29, 0.717) is 39.6 Å². The number of hydrogen-bond donors (Lipinski definition) is 1. The van der Waals surface area contributed by atoms with E-state index < -0.39 is 0 Å². The summed E-state index contributed by atoms with van der Waals surface area (Å²) in [4.78, 5) is 17.8. The highest BCUT2D eigenvalue weighted by molar-refractivity contribution is 5.83. The van der Waals surface area contributed by atoms with Crippen molar-refractivity contribution in [2.75, 3.05) is 11.9 Å². The lowest BCUT2D eigenvalue weighted by Crippen LogP contribution is -2.34. The summed E-state index contributed by atoms with van der Waals surface area (Å²) in [6, 6.07) is 15.4. The maximum Gasteiger partial charge on any atom is 0.265 e. The molecule has 0 radical (unpaired) electrons. The van der Waals surface area contributed by atoms with E-state index in [9.17, 15) is 10.1 Å². The fourth-order valence-electron chi connectivity index (χ4n) is 3.42. The van der Waals surface area contributed by atoms with Gasteiger partial charge < -0.3 is 10.1 Å². The molecule has 2 heterocycles. The summed E-state index contributed by atoms with van der Waals surface area (Å²) in [7, 11) is 0. The smallest absolute Gasteiger partial charge is 0.265 e. The van der Waals surface area contributed by atoms with Gasteiger partial charge in [0.05, 0.1) is 28.4 Å². The molecule has 0 aliphatic carbocycles. The van der Waals surface area contributed by atoms with Gasteiger partial charge in [0, 0.05) is 11.9 Å². The van der Waals surface area contributed by atoms with Crippen LogP contribution in [0.4, 0.5) is 5.69 Å². The lowest BCUT2D eigenvalue weighted by atomic mass is 10.1. The molecule has 2 aromatic heterocycles. The number of hydrogen-bond acceptors (Lipinski definition) is 5. The minimum absolute atomic E-state index is 0.207. The van der Waals surface area contributed by atoms with Crippen LogP contribution in [0, 0.1) is 25.2 Å². The van der Waals surface area contributed by atoms with Crippen LogP contribution in [-0.2, 0) is 0 Å². The number of imidazole rings is 1. The molecule has 0 fully saturated rings. The first-order valence-corrected chi connectivity index (χ1v) is 9.38. The van der Waals surface area contributed by atoms with Crippen LogP contribution in [0.2, 0.25) is 0 Å². The van der Waals surface area contributed by atoms with E-state index in [4.69, 9.17) is 4.74 Å². The third-order valence-corrected chi connectivity index (χ3v) is 4.91. The van der Waals surface area contributed by atoms with Crippen LogP contribution < -0.4 is 20.8 Å². The van der Waals surface area contributed by atoms with E-state index in [2.05, 4.69) is 16.4 Å². The molecule has 0 aliphatic heterocycles. The van der Waals surface area contributed by atoms with Crippen molar-refractivity contribution in [2.45, 2.75) is 20.8 Å². The van der Waals surface area contributed by atoms with Gasteiger partial charge in [-0.2, -0.15) is 5.26 Å². The van der Waals surface area contributed by atoms with Gasteiger partial charge in [-0.1, -0.05) is 6.07 Å². The molecular formula is C23H20N4O2. The molecule has 0 amide bonds. The zero-order valence-electron chi connectivity index (χ0n) is 16.5. The number of nitrogens with zero attached hydrogens (tertiary/aromatic N) is 3. The van der Waals surface area contributed by atoms with Crippen molar-refractivity contribution in [2.24, 2.45) is 0 Å². The fourth-order valence-corrected chi connectivity index (χ4v) is 3.42. The zero-order chi connectivity index (χ0) is 20.5. The van der Waals surface area contributed by atoms with Gasteiger partial charge in [-0.05, 0) is 68.3 Å². The SMILES string of the molecule is CCOc1ccc(N/C=c2/c(C)c(C#N)c3nc4cc(C)ccc4n3c2=O)cc1. The first-order valence-electron chi connectivity index (χ1n) is 9.38. The van der Waals surface area contributed by atoms with Crippen LogP contribution in [-0.4, -0.2) is 16.0 Å². The summed E-state index contributed by atoms with van der Waals surface area (Å²) in [6.45, 7) is 6.28. The predicted molar refractivity (Wildman–Crippen MR) is 114 cm³/mol. The number of pyridine rings is 1. The number of anilines is 1. The van der Waals surface area contributed by atoms with Crippen molar-refractivity contribution >= 4 is 28.6 Å². The number of aromatic nitrogens is 2. The van der Waals surface area contributed by atoms with Gasteiger partial charge >= 0.3 is 0 Å². The average molecular weight is 384 g/mol. The third-order valence-electron chi connectivity index (χ3n) is 4.91. The van der Waals surface area contributed by atoms with Gasteiger partial charge in [0.15, 0.2) is 5.65 Å². The molecule has 0 atom stereocenters. The van der Waals surface area contributed by atoms with Gasteiger partial charge in [0.1, 0.15) is 11.8 Å². The second kappa shape index (κ2) is 7.28. The summed E-state index contributed by atoms with van der Waals surface area (Å²) >= 11 is 0. The molecule has 0 unspecified atom stereocenters. The van der Waals surface area contributed by atoms with Crippen LogP contribution in [0.15, 0.2) is 47.3 Å². The lowest BCUT2D eigenvalue weighted by Gasteiger charge is -2.06. The summed E-state index contributed by atoms with van der Waals surface area (Å²) in [5.41, 5.74) is 4.46.